The number of hydrogen-bond acceptors (Lipinski definition) is 10. The van der Waals surface area contributed by atoms with Crippen molar-refractivity contribution in [3.8, 4) is 0 Å². The highest BCUT2D eigenvalue weighted by atomic mass is 31.2. The second-order valence-electron chi connectivity index (χ2n) is 19.1. The van der Waals surface area contributed by atoms with Crippen LogP contribution in [0.15, 0.2) is 72.9 Å². The van der Waals surface area contributed by atoms with E-state index in [9.17, 15) is 28.9 Å². The molecule has 12 heteroatoms. The Bertz CT molecular complexity index is 1490. The van der Waals surface area contributed by atoms with Crippen LogP contribution in [0.3, 0.4) is 0 Å². The Morgan fingerprint density at radius 1 is 0.417 bits per heavy atom. The second-order valence-corrected chi connectivity index (χ2v) is 20.5. The Balaban J connectivity index is 4.81. The average molecular weight is 1030 g/mol. The quantitative estimate of drug-likeness (QED) is 0.0197. The summed E-state index contributed by atoms with van der Waals surface area (Å²) in [6, 6.07) is 0. The van der Waals surface area contributed by atoms with Gasteiger partial charge in [-0.15, -0.1) is 0 Å². The van der Waals surface area contributed by atoms with Crippen molar-refractivity contribution in [1.82, 2.24) is 0 Å². The third-order valence-electron chi connectivity index (χ3n) is 12.1. The molecule has 0 spiro atoms. The van der Waals surface area contributed by atoms with Gasteiger partial charge in [0.15, 0.2) is 6.10 Å². The molecule has 0 fully saturated rings. The number of esters is 3. The number of phosphoric ester groups is 1. The lowest BCUT2D eigenvalue weighted by atomic mass is 10.0. The molecule has 0 aliphatic heterocycles. The van der Waals surface area contributed by atoms with Crippen LogP contribution in [0.25, 0.3) is 0 Å². The molecule has 2 N–H and O–H groups in total. The monoisotopic (exact) mass is 1030 g/mol. The number of ether oxygens (including phenoxy) is 3. The van der Waals surface area contributed by atoms with E-state index in [1.807, 2.05) is 12.2 Å². The van der Waals surface area contributed by atoms with Gasteiger partial charge in [-0.2, -0.15) is 0 Å². The number of unbranched alkanes of at least 4 members (excludes halogenated alkanes) is 25. The Morgan fingerprint density at radius 3 is 1.21 bits per heavy atom. The van der Waals surface area contributed by atoms with Gasteiger partial charge in [0.05, 0.1) is 26.2 Å². The molecular formula is C60H105O11P. The molecule has 0 aromatic carbocycles. The van der Waals surface area contributed by atoms with Crippen molar-refractivity contribution in [2.24, 2.45) is 0 Å². The molecule has 0 radical (unpaired) electrons. The van der Waals surface area contributed by atoms with Crippen LogP contribution in [-0.4, -0.2) is 66.5 Å². The number of hydrogen-bond donors (Lipinski definition) is 2. The van der Waals surface area contributed by atoms with Crippen LogP contribution < -0.4 is 0 Å². The fraction of sp³-hybridized carbons (Fsp3) is 0.750. The minimum absolute atomic E-state index is 0.0646. The topological polar surface area (TPSA) is 155 Å². The van der Waals surface area contributed by atoms with Gasteiger partial charge < -0.3 is 24.2 Å². The van der Waals surface area contributed by atoms with Gasteiger partial charge in [-0.25, -0.2) is 4.57 Å². The molecule has 3 unspecified atom stereocenters. The average Bonchev–Trinajstić information content (AvgIpc) is 3.37. The molecule has 0 bridgehead atoms. The molecule has 0 heterocycles. The van der Waals surface area contributed by atoms with Crippen molar-refractivity contribution < 1.29 is 52.2 Å². The normalized spacial score (nSPS) is 13.9. The summed E-state index contributed by atoms with van der Waals surface area (Å²) in [4.78, 5) is 48.4. The first-order valence-electron chi connectivity index (χ1n) is 28.8. The molecule has 0 saturated carbocycles. The maximum Gasteiger partial charge on any atom is 0.472 e. The van der Waals surface area contributed by atoms with Crippen LogP contribution in [0.1, 0.15) is 252 Å². The third-order valence-corrected chi connectivity index (χ3v) is 13.1. The number of allylic oxidation sites excluding steroid dienone is 11. The van der Waals surface area contributed by atoms with Crippen molar-refractivity contribution >= 4 is 25.7 Å². The van der Waals surface area contributed by atoms with Gasteiger partial charge in [0, 0.05) is 12.8 Å². The van der Waals surface area contributed by atoms with Crippen LogP contribution in [0, 0.1) is 0 Å². The summed E-state index contributed by atoms with van der Waals surface area (Å²) in [7, 11) is -4.77. The van der Waals surface area contributed by atoms with Crippen molar-refractivity contribution in [3.05, 3.63) is 72.9 Å². The van der Waals surface area contributed by atoms with Gasteiger partial charge in [0.1, 0.15) is 12.7 Å². The first-order chi connectivity index (χ1) is 35.2. The Hall–Kier alpha value is -3.08. The summed E-state index contributed by atoms with van der Waals surface area (Å²) in [5.41, 5.74) is 0. The van der Waals surface area contributed by atoms with E-state index in [-0.39, 0.29) is 25.9 Å². The predicted octanol–water partition coefficient (Wildman–Crippen LogP) is 16.9. The van der Waals surface area contributed by atoms with E-state index >= 15 is 0 Å². The second kappa shape index (κ2) is 54.2. The molecule has 0 amide bonds. The molecule has 416 valence electrons. The SMILES string of the molecule is CC/C=C\C/C=C\C/C=C\C/C=C\C/C=C\CC(=O)OC(COC(=O)CCCCCCCCCCCCCCCCC)COP(=O)(O)OCC(CO)OC(=O)CCCCCCC/C=C\CCCCCCCC. The summed E-state index contributed by atoms with van der Waals surface area (Å²) in [5, 5.41) is 9.81. The van der Waals surface area contributed by atoms with Gasteiger partial charge in [0.25, 0.3) is 0 Å². The van der Waals surface area contributed by atoms with E-state index in [0.29, 0.717) is 19.3 Å². The summed E-state index contributed by atoms with van der Waals surface area (Å²) >= 11 is 0. The van der Waals surface area contributed by atoms with Crippen LogP contribution in [-0.2, 0) is 42.2 Å². The van der Waals surface area contributed by atoms with E-state index in [0.717, 1.165) is 83.5 Å². The first kappa shape index (κ1) is 68.9. The Kier molecular flexibility index (Phi) is 51.9. The molecule has 0 aromatic rings. The largest absolute Gasteiger partial charge is 0.472 e. The molecule has 0 aromatic heterocycles. The highest BCUT2D eigenvalue weighted by molar-refractivity contribution is 7.47. The lowest BCUT2D eigenvalue weighted by Crippen LogP contribution is -2.30. The van der Waals surface area contributed by atoms with Crippen LogP contribution >= 0.6 is 7.82 Å². The van der Waals surface area contributed by atoms with E-state index in [1.54, 1.807) is 6.08 Å². The van der Waals surface area contributed by atoms with Crippen molar-refractivity contribution in [2.75, 3.05) is 26.4 Å². The van der Waals surface area contributed by atoms with Crippen molar-refractivity contribution in [2.45, 2.75) is 264 Å². The molecule has 72 heavy (non-hydrogen) atoms. The lowest BCUT2D eigenvalue weighted by Gasteiger charge is -2.21. The standard InChI is InChI=1S/C60H105O11P/c1-4-7-10-13-16-19-22-25-28-31-34-37-40-43-46-49-58(62)67-53-57(71-60(64)51-48-45-42-39-36-33-30-27-24-21-18-15-12-9-6-3)55-69-72(65,66)68-54-56(52-61)70-59(63)50-47-44-41-38-35-32-29-26-23-20-17-14-11-8-5-2/h9,12,18,21,26-27,29-30,36,39,45,48,56-57,61H,4-8,10-11,13-17,19-20,22-25,28,31-35,37-38,40-44,46-47,49-55H2,1-3H3,(H,65,66)/b12-9-,21-18-,29-26-,30-27-,39-36-,48-45-. The van der Waals surface area contributed by atoms with Gasteiger partial charge in [0.2, 0.25) is 0 Å². The Morgan fingerprint density at radius 2 is 0.778 bits per heavy atom. The van der Waals surface area contributed by atoms with Gasteiger partial charge in [-0.3, -0.25) is 23.4 Å². The fourth-order valence-corrected chi connectivity index (χ4v) is 8.56. The van der Waals surface area contributed by atoms with Gasteiger partial charge in [-0.05, 0) is 70.6 Å². The zero-order valence-electron chi connectivity index (χ0n) is 45.9. The van der Waals surface area contributed by atoms with E-state index in [1.165, 1.54) is 109 Å². The number of aliphatic hydroxyl groups excluding tert-OH is 1. The molecule has 0 saturated heterocycles. The van der Waals surface area contributed by atoms with Gasteiger partial charge >= 0.3 is 25.7 Å². The smallest absolute Gasteiger partial charge is 0.462 e. The number of aliphatic hydroxyl groups is 1. The number of carbonyl (C=O) groups is 3. The molecule has 3 atom stereocenters. The zero-order valence-corrected chi connectivity index (χ0v) is 46.8. The van der Waals surface area contributed by atoms with E-state index < -0.39 is 57.8 Å². The first-order valence-corrected chi connectivity index (χ1v) is 30.3. The highest BCUT2D eigenvalue weighted by Gasteiger charge is 2.28. The maximum absolute atomic E-state index is 12.9. The minimum atomic E-state index is -4.77. The molecule has 11 nitrogen and oxygen atoms in total. The van der Waals surface area contributed by atoms with Crippen LogP contribution in [0.5, 0.6) is 0 Å². The summed E-state index contributed by atoms with van der Waals surface area (Å²) < 4.78 is 39.4. The number of rotatable bonds is 53. The minimum Gasteiger partial charge on any atom is -0.462 e. The molecular weight excluding hydrogens is 928 g/mol. The molecule has 0 rings (SSSR count). The highest BCUT2D eigenvalue weighted by Crippen LogP contribution is 2.43. The van der Waals surface area contributed by atoms with Crippen molar-refractivity contribution in [3.63, 3.8) is 0 Å². The summed E-state index contributed by atoms with van der Waals surface area (Å²) in [6.45, 7) is 4.42. The van der Waals surface area contributed by atoms with Crippen LogP contribution in [0.2, 0.25) is 0 Å². The molecule has 0 aliphatic carbocycles. The van der Waals surface area contributed by atoms with Crippen LogP contribution in [0.4, 0.5) is 0 Å². The Labute approximate surface area is 439 Å². The lowest BCUT2D eigenvalue weighted by molar-refractivity contribution is -0.160. The van der Waals surface area contributed by atoms with E-state index in [4.69, 9.17) is 23.3 Å². The number of carbonyl (C=O) groups excluding carboxylic acids is 3. The summed E-state index contributed by atoms with van der Waals surface area (Å²) in [6.07, 6.45) is 60.3. The van der Waals surface area contributed by atoms with Gasteiger partial charge in [-0.1, -0.05) is 235 Å². The number of phosphoric acid groups is 1. The van der Waals surface area contributed by atoms with Crippen molar-refractivity contribution in [1.29, 1.82) is 0 Å². The molecule has 0 aliphatic rings. The summed E-state index contributed by atoms with van der Waals surface area (Å²) in [5.74, 6) is -1.62. The van der Waals surface area contributed by atoms with E-state index in [2.05, 4.69) is 75.5 Å². The fourth-order valence-electron chi connectivity index (χ4n) is 7.78. The maximum atomic E-state index is 12.9. The zero-order chi connectivity index (χ0) is 52.7. The predicted molar refractivity (Wildman–Crippen MR) is 298 cm³/mol. The third kappa shape index (κ3) is 51.8.